The second-order valence-electron chi connectivity index (χ2n) is 5.82. The lowest BCUT2D eigenvalue weighted by molar-refractivity contribution is -0.143. The third-order valence-electron chi connectivity index (χ3n) is 3.87. The Labute approximate surface area is 122 Å². The molecule has 124 valence electrons. The standard InChI is InChI=1S/C13H24F3N3O2/c1-3-12(2,5-7-20)18-11(21)17-10-4-6-19(8-10)9-13(14,15)16/h10,20H,3-9H2,1-2H3,(H2,17,18,21). The van der Waals surface area contributed by atoms with E-state index in [9.17, 15) is 18.0 Å². The van der Waals surface area contributed by atoms with Gasteiger partial charge in [-0.3, -0.25) is 4.90 Å². The van der Waals surface area contributed by atoms with Gasteiger partial charge in [0.2, 0.25) is 0 Å². The average Bonchev–Trinajstić information content (AvgIpc) is 2.73. The third-order valence-corrected chi connectivity index (χ3v) is 3.87. The monoisotopic (exact) mass is 311 g/mol. The number of alkyl halides is 3. The number of halogens is 3. The summed E-state index contributed by atoms with van der Waals surface area (Å²) in [6.45, 7) is 3.28. The third kappa shape index (κ3) is 6.52. The van der Waals surface area contributed by atoms with Crippen molar-refractivity contribution in [2.45, 2.75) is 50.9 Å². The molecule has 0 spiro atoms. The maximum atomic E-state index is 12.3. The molecular formula is C13H24F3N3O2. The van der Waals surface area contributed by atoms with Crippen LogP contribution in [0.5, 0.6) is 0 Å². The van der Waals surface area contributed by atoms with Crippen LogP contribution in [0.3, 0.4) is 0 Å². The number of aliphatic hydroxyl groups excluding tert-OH is 1. The minimum atomic E-state index is -4.21. The minimum Gasteiger partial charge on any atom is -0.396 e. The molecule has 1 fully saturated rings. The predicted molar refractivity (Wildman–Crippen MR) is 73.0 cm³/mol. The van der Waals surface area contributed by atoms with Crippen molar-refractivity contribution in [1.29, 1.82) is 0 Å². The topological polar surface area (TPSA) is 64.6 Å². The number of carbonyl (C=O) groups excluding carboxylic acids is 1. The van der Waals surface area contributed by atoms with E-state index in [-0.39, 0.29) is 19.2 Å². The molecule has 1 rings (SSSR count). The van der Waals surface area contributed by atoms with Gasteiger partial charge in [-0.15, -0.1) is 0 Å². The van der Waals surface area contributed by atoms with Crippen molar-refractivity contribution in [2.24, 2.45) is 0 Å². The highest BCUT2D eigenvalue weighted by atomic mass is 19.4. The molecule has 1 aliphatic rings. The molecule has 21 heavy (non-hydrogen) atoms. The van der Waals surface area contributed by atoms with Gasteiger partial charge in [-0.05, 0) is 26.2 Å². The molecule has 1 heterocycles. The zero-order chi connectivity index (χ0) is 16.1. The normalized spacial score (nSPS) is 22.9. The highest BCUT2D eigenvalue weighted by Crippen LogP contribution is 2.20. The fraction of sp³-hybridized carbons (Fsp3) is 0.923. The first-order chi connectivity index (χ1) is 9.67. The molecule has 0 saturated carbocycles. The zero-order valence-electron chi connectivity index (χ0n) is 12.5. The van der Waals surface area contributed by atoms with Gasteiger partial charge in [0.1, 0.15) is 0 Å². The van der Waals surface area contributed by atoms with Gasteiger partial charge in [-0.2, -0.15) is 13.2 Å². The SMILES string of the molecule is CCC(C)(CCO)NC(=O)NC1CCN(CC(F)(F)F)C1. The van der Waals surface area contributed by atoms with Crippen LogP contribution in [-0.4, -0.2) is 60.0 Å². The van der Waals surface area contributed by atoms with Gasteiger partial charge in [0, 0.05) is 31.3 Å². The van der Waals surface area contributed by atoms with E-state index in [0.29, 0.717) is 25.8 Å². The maximum Gasteiger partial charge on any atom is 0.401 e. The van der Waals surface area contributed by atoms with E-state index in [1.165, 1.54) is 4.90 Å². The van der Waals surface area contributed by atoms with E-state index in [1.54, 1.807) is 0 Å². The quantitative estimate of drug-likeness (QED) is 0.696. The molecular weight excluding hydrogens is 287 g/mol. The van der Waals surface area contributed by atoms with Crippen molar-refractivity contribution in [2.75, 3.05) is 26.2 Å². The molecule has 2 amide bonds. The highest BCUT2D eigenvalue weighted by molar-refractivity contribution is 5.75. The number of aliphatic hydroxyl groups is 1. The van der Waals surface area contributed by atoms with Crippen LogP contribution in [-0.2, 0) is 0 Å². The summed E-state index contributed by atoms with van der Waals surface area (Å²) in [5.74, 6) is 0. The number of hydrogen-bond donors (Lipinski definition) is 3. The molecule has 0 aromatic heterocycles. The van der Waals surface area contributed by atoms with Crippen LogP contribution in [0.15, 0.2) is 0 Å². The highest BCUT2D eigenvalue weighted by Gasteiger charge is 2.35. The van der Waals surface area contributed by atoms with Crippen molar-refractivity contribution in [3.05, 3.63) is 0 Å². The Balaban J connectivity index is 2.39. The number of rotatable bonds is 6. The van der Waals surface area contributed by atoms with E-state index in [2.05, 4.69) is 10.6 Å². The van der Waals surface area contributed by atoms with E-state index in [1.807, 2.05) is 13.8 Å². The van der Waals surface area contributed by atoms with Gasteiger partial charge in [0.05, 0.1) is 6.54 Å². The van der Waals surface area contributed by atoms with Gasteiger partial charge < -0.3 is 15.7 Å². The first-order valence-electron chi connectivity index (χ1n) is 7.16. The van der Waals surface area contributed by atoms with Gasteiger partial charge in [0.15, 0.2) is 0 Å². The number of urea groups is 1. The molecule has 0 aromatic rings. The van der Waals surface area contributed by atoms with Gasteiger partial charge in [0.25, 0.3) is 0 Å². The van der Waals surface area contributed by atoms with E-state index < -0.39 is 24.3 Å². The second kappa shape index (κ2) is 7.31. The van der Waals surface area contributed by atoms with E-state index in [0.717, 1.165) is 0 Å². The average molecular weight is 311 g/mol. The van der Waals surface area contributed by atoms with Crippen LogP contribution >= 0.6 is 0 Å². The zero-order valence-corrected chi connectivity index (χ0v) is 12.5. The molecule has 0 bridgehead atoms. The fourth-order valence-electron chi connectivity index (χ4n) is 2.42. The largest absolute Gasteiger partial charge is 0.401 e. The van der Waals surface area contributed by atoms with Gasteiger partial charge in [-0.1, -0.05) is 6.92 Å². The maximum absolute atomic E-state index is 12.3. The molecule has 1 aliphatic heterocycles. The molecule has 0 aromatic carbocycles. The van der Waals surface area contributed by atoms with Crippen LogP contribution < -0.4 is 10.6 Å². The lowest BCUT2D eigenvalue weighted by atomic mass is 9.95. The summed E-state index contributed by atoms with van der Waals surface area (Å²) >= 11 is 0. The summed E-state index contributed by atoms with van der Waals surface area (Å²) in [6, 6.07) is -0.672. The summed E-state index contributed by atoms with van der Waals surface area (Å²) in [5, 5.41) is 14.5. The molecule has 0 radical (unpaired) electrons. The van der Waals surface area contributed by atoms with Crippen molar-refractivity contribution < 1.29 is 23.1 Å². The van der Waals surface area contributed by atoms with Crippen LogP contribution in [0.25, 0.3) is 0 Å². The molecule has 5 nitrogen and oxygen atoms in total. The lowest BCUT2D eigenvalue weighted by Crippen LogP contribution is -2.53. The van der Waals surface area contributed by atoms with Crippen molar-refractivity contribution in [3.63, 3.8) is 0 Å². The first-order valence-corrected chi connectivity index (χ1v) is 7.16. The molecule has 2 unspecified atom stereocenters. The van der Waals surface area contributed by atoms with Crippen LogP contribution in [0.1, 0.15) is 33.1 Å². The molecule has 1 saturated heterocycles. The van der Waals surface area contributed by atoms with Crippen molar-refractivity contribution >= 4 is 6.03 Å². The van der Waals surface area contributed by atoms with Crippen molar-refractivity contribution in [1.82, 2.24) is 15.5 Å². The fourth-order valence-corrected chi connectivity index (χ4v) is 2.42. The Morgan fingerprint density at radius 2 is 2.10 bits per heavy atom. The predicted octanol–water partition coefficient (Wildman–Crippen LogP) is 1.47. The summed E-state index contributed by atoms with van der Waals surface area (Å²) in [5.41, 5.74) is -0.511. The summed E-state index contributed by atoms with van der Waals surface area (Å²) in [7, 11) is 0. The Hall–Kier alpha value is -1.02. The van der Waals surface area contributed by atoms with Gasteiger partial charge in [-0.25, -0.2) is 4.79 Å². The van der Waals surface area contributed by atoms with Crippen LogP contribution in [0.4, 0.5) is 18.0 Å². The van der Waals surface area contributed by atoms with Gasteiger partial charge >= 0.3 is 12.2 Å². The Morgan fingerprint density at radius 3 is 2.62 bits per heavy atom. The second-order valence-corrected chi connectivity index (χ2v) is 5.82. The number of carbonyl (C=O) groups is 1. The number of nitrogens with one attached hydrogen (secondary N) is 2. The Bertz CT molecular complexity index is 352. The number of nitrogens with zero attached hydrogens (tertiary/aromatic N) is 1. The number of likely N-dealkylation sites (tertiary alicyclic amines) is 1. The smallest absolute Gasteiger partial charge is 0.396 e. The van der Waals surface area contributed by atoms with Crippen LogP contribution in [0.2, 0.25) is 0 Å². The minimum absolute atomic E-state index is 0.0343. The Kier molecular flexibility index (Phi) is 6.27. The summed E-state index contributed by atoms with van der Waals surface area (Å²) < 4.78 is 36.9. The number of hydrogen-bond acceptors (Lipinski definition) is 3. The van der Waals surface area contributed by atoms with E-state index >= 15 is 0 Å². The molecule has 0 aliphatic carbocycles. The Morgan fingerprint density at radius 1 is 1.43 bits per heavy atom. The molecule has 2 atom stereocenters. The molecule has 8 heteroatoms. The van der Waals surface area contributed by atoms with Crippen molar-refractivity contribution in [3.8, 4) is 0 Å². The van der Waals surface area contributed by atoms with E-state index in [4.69, 9.17) is 5.11 Å². The first kappa shape index (κ1) is 18.0. The summed E-state index contributed by atoms with van der Waals surface area (Å²) in [4.78, 5) is 13.2. The lowest BCUT2D eigenvalue weighted by Gasteiger charge is -2.29. The number of amides is 2. The molecule has 3 N–H and O–H groups in total. The van der Waals surface area contributed by atoms with Crippen LogP contribution in [0, 0.1) is 0 Å². The summed E-state index contributed by atoms with van der Waals surface area (Å²) in [6.07, 6.45) is -2.61.